The van der Waals surface area contributed by atoms with Crippen LogP contribution in [0.3, 0.4) is 0 Å². The van der Waals surface area contributed by atoms with Crippen LogP contribution in [-0.2, 0) is 24.3 Å². The van der Waals surface area contributed by atoms with Crippen LogP contribution in [0.2, 0.25) is 5.02 Å². The molecule has 1 heterocycles. The van der Waals surface area contributed by atoms with Crippen molar-refractivity contribution < 1.29 is 36.3 Å². The molecule has 0 saturated carbocycles. The lowest BCUT2D eigenvalue weighted by molar-refractivity contribution is -0.150. The van der Waals surface area contributed by atoms with E-state index in [1.165, 1.54) is 48.5 Å². The van der Waals surface area contributed by atoms with Gasteiger partial charge in [0.2, 0.25) is 10.0 Å². The van der Waals surface area contributed by atoms with Gasteiger partial charge >= 0.3 is 12.6 Å². The fraction of sp³-hybridized carbons (Fsp3) is 0.300. The Labute approximate surface area is 188 Å². The molecule has 1 unspecified atom stereocenters. The molecule has 1 aliphatic heterocycles. The second-order valence-electron chi connectivity index (χ2n) is 6.76. The van der Waals surface area contributed by atoms with Gasteiger partial charge in [0.1, 0.15) is 11.8 Å². The molecule has 0 aliphatic carbocycles. The Bertz CT molecular complexity index is 1080. The standard InChI is InChI=1S/C20H19ClF2N2O6S/c21-13-7-9-14(10-8-13)32(28,29)25-11-3-5-16(25)19(27)30-12-18(26)24-15-4-1-2-6-17(15)31-20(22)23/h1-2,4,6-10,16,20H,3,5,11-12H2,(H,24,26). The number of para-hydroxylation sites is 2. The van der Waals surface area contributed by atoms with Gasteiger partial charge in [0.25, 0.3) is 5.91 Å². The Morgan fingerprint density at radius 1 is 1.16 bits per heavy atom. The summed E-state index contributed by atoms with van der Waals surface area (Å²) in [4.78, 5) is 24.6. The minimum atomic E-state index is -3.97. The van der Waals surface area contributed by atoms with Crippen LogP contribution in [-0.4, -0.2) is 50.4 Å². The number of ether oxygens (including phenoxy) is 2. The first kappa shape index (κ1) is 23.9. The molecule has 0 aromatic heterocycles. The van der Waals surface area contributed by atoms with Crippen molar-refractivity contribution in [2.75, 3.05) is 18.5 Å². The molecule has 1 saturated heterocycles. The zero-order chi connectivity index (χ0) is 23.3. The van der Waals surface area contributed by atoms with E-state index < -0.39 is 41.2 Å². The zero-order valence-electron chi connectivity index (χ0n) is 16.5. The summed E-state index contributed by atoms with van der Waals surface area (Å²) in [5.41, 5.74) is -0.0262. The van der Waals surface area contributed by atoms with E-state index in [0.29, 0.717) is 11.4 Å². The number of esters is 1. The fourth-order valence-electron chi connectivity index (χ4n) is 3.19. The van der Waals surface area contributed by atoms with E-state index in [1.807, 2.05) is 0 Å². The number of halogens is 3. The van der Waals surface area contributed by atoms with Gasteiger partial charge in [-0.05, 0) is 49.2 Å². The molecular weight excluding hydrogens is 470 g/mol. The van der Waals surface area contributed by atoms with Crippen molar-refractivity contribution in [2.24, 2.45) is 0 Å². The van der Waals surface area contributed by atoms with Crippen molar-refractivity contribution in [3.8, 4) is 5.75 Å². The third-order valence-electron chi connectivity index (χ3n) is 4.62. The predicted octanol–water partition coefficient (Wildman–Crippen LogP) is 3.28. The third-order valence-corrected chi connectivity index (χ3v) is 6.79. The van der Waals surface area contributed by atoms with Gasteiger partial charge < -0.3 is 14.8 Å². The lowest BCUT2D eigenvalue weighted by atomic mass is 10.2. The molecule has 2 aromatic carbocycles. The minimum absolute atomic E-state index is 0.0185. The molecule has 172 valence electrons. The number of nitrogens with zero attached hydrogens (tertiary/aromatic N) is 1. The van der Waals surface area contributed by atoms with Crippen LogP contribution in [0.1, 0.15) is 12.8 Å². The van der Waals surface area contributed by atoms with Crippen LogP contribution >= 0.6 is 11.6 Å². The van der Waals surface area contributed by atoms with Gasteiger partial charge in [-0.1, -0.05) is 23.7 Å². The molecule has 1 atom stereocenters. The van der Waals surface area contributed by atoms with Gasteiger partial charge in [-0.3, -0.25) is 9.59 Å². The van der Waals surface area contributed by atoms with Crippen LogP contribution in [0.5, 0.6) is 5.75 Å². The monoisotopic (exact) mass is 488 g/mol. The number of rotatable bonds is 8. The van der Waals surface area contributed by atoms with E-state index in [4.69, 9.17) is 16.3 Å². The number of carbonyl (C=O) groups excluding carboxylic acids is 2. The molecule has 0 spiro atoms. The predicted molar refractivity (Wildman–Crippen MR) is 111 cm³/mol. The van der Waals surface area contributed by atoms with Crippen LogP contribution in [0.4, 0.5) is 14.5 Å². The molecular formula is C20H19ClF2N2O6S. The van der Waals surface area contributed by atoms with Gasteiger partial charge in [0.05, 0.1) is 10.6 Å². The number of nitrogens with one attached hydrogen (secondary N) is 1. The van der Waals surface area contributed by atoms with Crippen molar-refractivity contribution in [2.45, 2.75) is 30.4 Å². The average Bonchev–Trinajstić information content (AvgIpc) is 3.24. The number of benzene rings is 2. The Balaban J connectivity index is 1.62. The number of amides is 1. The molecule has 1 aliphatic rings. The molecule has 8 nitrogen and oxygen atoms in total. The molecule has 1 fully saturated rings. The highest BCUT2D eigenvalue weighted by Crippen LogP contribution is 2.28. The topological polar surface area (TPSA) is 102 Å². The molecule has 3 rings (SSSR count). The Kier molecular flexibility index (Phi) is 7.64. The summed E-state index contributed by atoms with van der Waals surface area (Å²) in [7, 11) is -3.97. The van der Waals surface area contributed by atoms with E-state index >= 15 is 0 Å². The summed E-state index contributed by atoms with van der Waals surface area (Å²) in [6, 6.07) is 9.98. The maximum absolute atomic E-state index is 12.9. The summed E-state index contributed by atoms with van der Waals surface area (Å²) < 4.78 is 61.1. The molecule has 12 heteroatoms. The highest BCUT2D eigenvalue weighted by molar-refractivity contribution is 7.89. The lowest BCUT2D eigenvalue weighted by Crippen LogP contribution is -2.42. The van der Waals surface area contributed by atoms with Gasteiger partial charge in [0, 0.05) is 11.6 Å². The highest BCUT2D eigenvalue weighted by atomic mass is 35.5. The van der Waals surface area contributed by atoms with Crippen LogP contribution in [0, 0.1) is 0 Å². The number of alkyl halides is 2. The first-order valence-electron chi connectivity index (χ1n) is 9.46. The number of hydrogen-bond donors (Lipinski definition) is 1. The summed E-state index contributed by atoms with van der Waals surface area (Å²) >= 11 is 5.80. The Hall–Kier alpha value is -2.76. The van der Waals surface area contributed by atoms with E-state index in [9.17, 15) is 26.8 Å². The van der Waals surface area contributed by atoms with Gasteiger partial charge in [-0.25, -0.2) is 8.42 Å². The van der Waals surface area contributed by atoms with Crippen molar-refractivity contribution in [3.63, 3.8) is 0 Å². The van der Waals surface area contributed by atoms with Crippen molar-refractivity contribution in [1.29, 1.82) is 0 Å². The second kappa shape index (κ2) is 10.2. The number of hydrogen-bond acceptors (Lipinski definition) is 6. The van der Waals surface area contributed by atoms with E-state index in [-0.39, 0.29) is 29.3 Å². The van der Waals surface area contributed by atoms with Crippen molar-refractivity contribution in [1.82, 2.24) is 4.31 Å². The number of sulfonamides is 1. The molecule has 2 aromatic rings. The molecule has 1 amide bonds. The Morgan fingerprint density at radius 3 is 2.53 bits per heavy atom. The largest absolute Gasteiger partial charge is 0.454 e. The fourth-order valence-corrected chi connectivity index (χ4v) is 4.97. The molecule has 0 bridgehead atoms. The van der Waals surface area contributed by atoms with Crippen molar-refractivity contribution >= 4 is 39.2 Å². The van der Waals surface area contributed by atoms with E-state index in [1.54, 1.807) is 0 Å². The maximum atomic E-state index is 12.9. The van der Waals surface area contributed by atoms with Crippen LogP contribution in [0.25, 0.3) is 0 Å². The summed E-state index contributed by atoms with van der Waals surface area (Å²) in [5, 5.41) is 2.68. The maximum Gasteiger partial charge on any atom is 0.387 e. The van der Waals surface area contributed by atoms with Gasteiger partial charge in [-0.2, -0.15) is 13.1 Å². The van der Waals surface area contributed by atoms with E-state index in [2.05, 4.69) is 10.1 Å². The summed E-state index contributed by atoms with van der Waals surface area (Å²) in [6.07, 6.45) is 0.676. The average molecular weight is 489 g/mol. The minimum Gasteiger partial charge on any atom is -0.454 e. The SMILES string of the molecule is O=C(COC(=O)C1CCCN1S(=O)(=O)c1ccc(Cl)cc1)Nc1ccccc1OC(F)F. The highest BCUT2D eigenvalue weighted by Gasteiger charge is 2.40. The van der Waals surface area contributed by atoms with E-state index in [0.717, 1.165) is 4.31 Å². The zero-order valence-corrected chi connectivity index (χ0v) is 18.1. The Morgan fingerprint density at radius 2 is 1.84 bits per heavy atom. The lowest BCUT2D eigenvalue weighted by Gasteiger charge is -2.22. The summed E-state index contributed by atoms with van der Waals surface area (Å²) in [6.45, 7) is -3.69. The molecule has 1 N–H and O–H groups in total. The van der Waals surface area contributed by atoms with Crippen molar-refractivity contribution in [3.05, 3.63) is 53.6 Å². The number of anilines is 1. The first-order chi connectivity index (χ1) is 15.2. The quantitative estimate of drug-likeness (QED) is 0.572. The molecule has 32 heavy (non-hydrogen) atoms. The second-order valence-corrected chi connectivity index (χ2v) is 9.09. The normalized spacial score (nSPS) is 16.7. The van der Waals surface area contributed by atoms with Crippen LogP contribution in [0.15, 0.2) is 53.4 Å². The van der Waals surface area contributed by atoms with Gasteiger partial charge in [0.15, 0.2) is 6.61 Å². The number of carbonyl (C=O) groups is 2. The first-order valence-corrected chi connectivity index (χ1v) is 11.3. The third kappa shape index (κ3) is 5.72. The smallest absolute Gasteiger partial charge is 0.387 e. The van der Waals surface area contributed by atoms with Gasteiger partial charge in [-0.15, -0.1) is 0 Å². The van der Waals surface area contributed by atoms with Crippen LogP contribution < -0.4 is 10.1 Å². The molecule has 0 radical (unpaired) electrons. The summed E-state index contributed by atoms with van der Waals surface area (Å²) in [5.74, 6) is -1.93.